The molecule has 0 bridgehead atoms. The van der Waals surface area contributed by atoms with Gasteiger partial charge in [0.1, 0.15) is 11.6 Å². The first-order valence-corrected chi connectivity index (χ1v) is 6.28. The number of unbranched alkanes of at least 4 members (excludes halogenated alkanes) is 2. The molecule has 0 amide bonds. The molecular weight excluding hydrogens is 217 g/mol. The molecular formula is C14H22FNO. The number of benzene rings is 1. The van der Waals surface area contributed by atoms with Crippen LogP contribution in [0.15, 0.2) is 18.2 Å². The zero-order valence-corrected chi connectivity index (χ0v) is 10.9. The van der Waals surface area contributed by atoms with Crippen LogP contribution in [0, 0.1) is 5.82 Å². The first-order chi connectivity index (χ1) is 8.19. The summed E-state index contributed by atoms with van der Waals surface area (Å²) in [7, 11) is 1.86. The maximum atomic E-state index is 13.2. The lowest BCUT2D eigenvalue weighted by Crippen LogP contribution is -2.14. The van der Waals surface area contributed by atoms with Crippen LogP contribution < -0.4 is 10.1 Å². The molecule has 0 saturated heterocycles. The number of rotatable bonds is 7. The van der Waals surface area contributed by atoms with E-state index >= 15 is 0 Å². The van der Waals surface area contributed by atoms with Crippen LogP contribution in [0.25, 0.3) is 0 Å². The van der Waals surface area contributed by atoms with Gasteiger partial charge < -0.3 is 10.1 Å². The van der Waals surface area contributed by atoms with Gasteiger partial charge in [-0.25, -0.2) is 4.39 Å². The molecule has 0 fully saturated rings. The summed E-state index contributed by atoms with van der Waals surface area (Å²) in [6.45, 7) is 4.85. The summed E-state index contributed by atoms with van der Waals surface area (Å²) in [5, 5.41) is 3.10. The third-order valence-corrected chi connectivity index (χ3v) is 2.88. The molecule has 1 unspecified atom stereocenters. The molecule has 0 radical (unpaired) electrons. The highest BCUT2D eigenvalue weighted by atomic mass is 19.1. The van der Waals surface area contributed by atoms with Gasteiger partial charge >= 0.3 is 0 Å². The van der Waals surface area contributed by atoms with Gasteiger partial charge in [-0.05, 0) is 38.6 Å². The van der Waals surface area contributed by atoms with Crippen LogP contribution in [-0.2, 0) is 0 Å². The Hall–Kier alpha value is -1.09. The molecule has 17 heavy (non-hydrogen) atoms. The lowest BCUT2D eigenvalue weighted by atomic mass is 10.1. The first-order valence-electron chi connectivity index (χ1n) is 6.28. The van der Waals surface area contributed by atoms with E-state index in [2.05, 4.69) is 12.2 Å². The highest BCUT2D eigenvalue weighted by Crippen LogP contribution is 2.26. The van der Waals surface area contributed by atoms with Gasteiger partial charge in [0.15, 0.2) is 0 Å². The topological polar surface area (TPSA) is 21.3 Å². The lowest BCUT2D eigenvalue weighted by molar-refractivity contribution is 0.300. The average molecular weight is 239 g/mol. The molecule has 0 aliphatic rings. The van der Waals surface area contributed by atoms with Crippen molar-refractivity contribution in [2.24, 2.45) is 0 Å². The summed E-state index contributed by atoms with van der Waals surface area (Å²) in [4.78, 5) is 0. The summed E-state index contributed by atoms with van der Waals surface area (Å²) >= 11 is 0. The largest absolute Gasteiger partial charge is 0.493 e. The van der Waals surface area contributed by atoms with Gasteiger partial charge in [0.2, 0.25) is 0 Å². The Balaban J connectivity index is 2.69. The highest BCUT2D eigenvalue weighted by Gasteiger charge is 2.11. The number of halogens is 1. The van der Waals surface area contributed by atoms with E-state index in [1.165, 1.54) is 18.6 Å². The van der Waals surface area contributed by atoms with Crippen LogP contribution in [0.2, 0.25) is 0 Å². The van der Waals surface area contributed by atoms with Crippen molar-refractivity contribution in [1.29, 1.82) is 0 Å². The minimum atomic E-state index is -0.219. The molecule has 96 valence electrons. The van der Waals surface area contributed by atoms with E-state index < -0.39 is 0 Å². The second-order valence-electron chi connectivity index (χ2n) is 4.25. The summed E-state index contributed by atoms with van der Waals surface area (Å²) in [6.07, 6.45) is 3.38. The van der Waals surface area contributed by atoms with Gasteiger partial charge in [-0.2, -0.15) is 0 Å². The third-order valence-electron chi connectivity index (χ3n) is 2.88. The van der Waals surface area contributed by atoms with Crippen molar-refractivity contribution in [2.75, 3.05) is 13.7 Å². The van der Waals surface area contributed by atoms with Gasteiger partial charge in [0, 0.05) is 11.6 Å². The Morgan fingerprint density at radius 3 is 2.76 bits per heavy atom. The maximum Gasteiger partial charge on any atom is 0.124 e. The Labute approximate surface area is 103 Å². The van der Waals surface area contributed by atoms with Crippen molar-refractivity contribution >= 4 is 0 Å². The van der Waals surface area contributed by atoms with E-state index in [4.69, 9.17) is 4.74 Å². The van der Waals surface area contributed by atoms with Gasteiger partial charge in [-0.3, -0.25) is 0 Å². The molecule has 0 aliphatic heterocycles. The Kier molecular flexibility index (Phi) is 5.98. The Morgan fingerprint density at radius 1 is 1.35 bits per heavy atom. The van der Waals surface area contributed by atoms with Crippen molar-refractivity contribution < 1.29 is 9.13 Å². The van der Waals surface area contributed by atoms with E-state index in [1.54, 1.807) is 6.07 Å². The predicted molar refractivity (Wildman–Crippen MR) is 68.9 cm³/mol. The standard InChI is InChI=1S/C14H22FNO/c1-4-5-6-9-17-14-8-7-12(15)10-13(14)11(2)16-3/h7-8,10-11,16H,4-6,9H2,1-3H3. The quantitative estimate of drug-likeness (QED) is 0.733. The minimum absolute atomic E-state index is 0.0897. The molecule has 0 aliphatic carbocycles. The number of nitrogens with one attached hydrogen (secondary N) is 1. The molecule has 1 atom stereocenters. The van der Waals surface area contributed by atoms with Crippen molar-refractivity contribution in [3.05, 3.63) is 29.6 Å². The minimum Gasteiger partial charge on any atom is -0.493 e. The van der Waals surface area contributed by atoms with Crippen molar-refractivity contribution in [1.82, 2.24) is 5.32 Å². The smallest absolute Gasteiger partial charge is 0.124 e. The number of hydrogen-bond acceptors (Lipinski definition) is 2. The second kappa shape index (κ2) is 7.28. The zero-order valence-electron chi connectivity index (χ0n) is 10.9. The molecule has 1 N–H and O–H groups in total. The fourth-order valence-corrected chi connectivity index (χ4v) is 1.68. The van der Waals surface area contributed by atoms with Crippen LogP contribution in [0.4, 0.5) is 4.39 Å². The van der Waals surface area contributed by atoms with Crippen molar-refractivity contribution in [3.63, 3.8) is 0 Å². The number of hydrogen-bond donors (Lipinski definition) is 1. The Bertz CT molecular complexity index is 341. The second-order valence-corrected chi connectivity index (χ2v) is 4.25. The third kappa shape index (κ3) is 4.35. The van der Waals surface area contributed by atoms with Gasteiger partial charge in [-0.1, -0.05) is 19.8 Å². The monoisotopic (exact) mass is 239 g/mol. The normalized spacial score (nSPS) is 12.5. The van der Waals surface area contributed by atoms with Crippen LogP contribution >= 0.6 is 0 Å². The molecule has 1 aromatic carbocycles. The molecule has 0 saturated carbocycles. The summed E-state index contributed by atoms with van der Waals surface area (Å²) in [5.74, 6) is 0.562. The summed E-state index contributed by atoms with van der Waals surface area (Å²) in [6, 6.07) is 4.79. The fourth-order valence-electron chi connectivity index (χ4n) is 1.68. The summed E-state index contributed by atoms with van der Waals surface area (Å²) in [5.41, 5.74) is 0.879. The number of ether oxygens (including phenoxy) is 1. The van der Waals surface area contributed by atoms with Crippen LogP contribution in [0.3, 0.4) is 0 Å². The summed E-state index contributed by atoms with van der Waals surface area (Å²) < 4.78 is 18.9. The van der Waals surface area contributed by atoms with E-state index in [0.29, 0.717) is 6.61 Å². The zero-order chi connectivity index (χ0) is 12.7. The van der Waals surface area contributed by atoms with Crippen LogP contribution in [-0.4, -0.2) is 13.7 Å². The molecule has 1 aromatic rings. The molecule has 0 heterocycles. The predicted octanol–water partition coefficient (Wildman–Crippen LogP) is 3.68. The average Bonchev–Trinajstić information content (AvgIpc) is 2.35. The first kappa shape index (κ1) is 14.0. The van der Waals surface area contributed by atoms with Gasteiger partial charge in [-0.15, -0.1) is 0 Å². The molecule has 0 spiro atoms. The molecule has 3 heteroatoms. The molecule has 1 rings (SSSR count). The van der Waals surface area contributed by atoms with Crippen molar-refractivity contribution in [3.8, 4) is 5.75 Å². The van der Waals surface area contributed by atoms with Crippen LogP contribution in [0.1, 0.15) is 44.7 Å². The van der Waals surface area contributed by atoms with E-state index in [0.717, 1.165) is 24.2 Å². The van der Waals surface area contributed by atoms with E-state index in [9.17, 15) is 4.39 Å². The maximum absolute atomic E-state index is 13.2. The lowest BCUT2D eigenvalue weighted by Gasteiger charge is -2.16. The molecule has 0 aromatic heterocycles. The highest BCUT2D eigenvalue weighted by molar-refractivity contribution is 5.36. The van der Waals surface area contributed by atoms with E-state index in [-0.39, 0.29) is 11.9 Å². The van der Waals surface area contributed by atoms with Gasteiger partial charge in [0.05, 0.1) is 6.61 Å². The Morgan fingerprint density at radius 2 is 2.12 bits per heavy atom. The fraction of sp³-hybridized carbons (Fsp3) is 0.571. The SMILES string of the molecule is CCCCCOc1ccc(F)cc1C(C)NC. The van der Waals surface area contributed by atoms with Crippen molar-refractivity contribution in [2.45, 2.75) is 39.2 Å². The molecule has 2 nitrogen and oxygen atoms in total. The van der Waals surface area contributed by atoms with Gasteiger partial charge in [0.25, 0.3) is 0 Å². The van der Waals surface area contributed by atoms with E-state index in [1.807, 2.05) is 14.0 Å². The van der Waals surface area contributed by atoms with Crippen LogP contribution in [0.5, 0.6) is 5.75 Å².